The average Bonchev–Trinajstić information content (AvgIpc) is 2.93. The number of hydrogen-bond acceptors (Lipinski definition) is 4. The van der Waals surface area contributed by atoms with E-state index in [4.69, 9.17) is 9.52 Å². The molecule has 106 valence electrons. The van der Waals surface area contributed by atoms with Crippen LogP contribution in [0.1, 0.15) is 21.7 Å². The molecule has 1 atom stereocenters. The summed E-state index contributed by atoms with van der Waals surface area (Å²) in [4.78, 5) is 10.9. The quantitative estimate of drug-likeness (QED) is 0.716. The van der Waals surface area contributed by atoms with Gasteiger partial charge < -0.3 is 19.9 Å². The molecule has 0 spiro atoms. The first kappa shape index (κ1) is 14.3. The maximum absolute atomic E-state index is 10.9. The van der Waals surface area contributed by atoms with Crippen molar-refractivity contribution in [1.29, 1.82) is 0 Å². The topological polar surface area (TPSA) is 82.7 Å². The van der Waals surface area contributed by atoms with E-state index in [1.807, 2.05) is 30.3 Å². The van der Waals surface area contributed by atoms with Gasteiger partial charge in [-0.1, -0.05) is 30.3 Å². The van der Waals surface area contributed by atoms with Crippen molar-refractivity contribution in [3.63, 3.8) is 0 Å². The van der Waals surface area contributed by atoms with E-state index in [-0.39, 0.29) is 18.4 Å². The highest BCUT2D eigenvalue weighted by atomic mass is 16.4. The van der Waals surface area contributed by atoms with E-state index in [2.05, 4.69) is 5.32 Å². The van der Waals surface area contributed by atoms with Crippen LogP contribution in [-0.2, 0) is 13.0 Å². The lowest BCUT2D eigenvalue weighted by molar-refractivity contribution is 0.0660. The molecule has 0 bridgehead atoms. The molecular weight excluding hydrogens is 258 g/mol. The number of rotatable bonds is 7. The van der Waals surface area contributed by atoms with Crippen LogP contribution in [0.4, 0.5) is 0 Å². The molecule has 1 aromatic heterocycles. The van der Waals surface area contributed by atoms with Gasteiger partial charge in [0.2, 0.25) is 5.76 Å². The molecule has 0 saturated carbocycles. The number of carbonyl (C=O) groups is 1. The van der Waals surface area contributed by atoms with Crippen LogP contribution >= 0.6 is 0 Å². The number of aromatic carboxylic acids is 1. The van der Waals surface area contributed by atoms with Gasteiger partial charge >= 0.3 is 5.97 Å². The van der Waals surface area contributed by atoms with E-state index >= 15 is 0 Å². The fraction of sp³-hybridized carbons (Fsp3) is 0.267. The summed E-state index contributed by atoms with van der Waals surface area (Å²) < 4.78 is 4.91. The smallest absolute Gasteiger partial charge is 0.372 e. The standard InChI is InChI=1S/C15H17NO4/c17-10-13(8-11-4-2-1-3-5-11)16-9-12-6-7-20-14(12)15(18)19/h1-7,13,16-17H,8-10H2,(H,18,19). The highest BCUT2D eigenvalue weighted by Gasteiger charge is 2.15. The summed E-state index contributed by atoms with van der Waals surface area (Å²) in [5.74, 6) is -1.15. The first-order valence-corrected chi connectivity index (χ1v) is 6.38. The van der Waals surface area contributed by atoms with Gasteiger partial charge in [-0.25, -0.2) is 4.79 Å². The highest BCUT2D eigenvalue weighted by molar-refractivity contribution is 5.86. The molecule has 20 heavy (non-hydrogen) atoms. The summed E-state index contributed by atoms with van der Waals surface area (Å²) in [5.41, 5.74) is 1.69. The van der Waals surface area contributed by atoms with Crippen LogP contribution in [-0.4, -0.2) is 28.8 Å². The van der Waals surface area contributed by atoms with Crippen molar-refractivity contribution in [2.75, 3.05) is 6.61 Å². The summed E-state index contributed by atoms with van der Waals surface area (Å²) in [5, 5.41) is 21.5. The molecule has 3 N–H and O–H groups in total. The molecule has 1 aromatic carbocycles. The van der Waals surface area contributed by atoms with Crippen molar-refractivity contribution in [1.82, 2.24) is 5.32 Å². The van der Waals surface area contributed by atoms with E-state index in [0.717, 1.165) is 5.56 Å². The molecule has 2 rings (SSSR count). The van der Waals surface area contributed by atoms with Crippen molar-refractivity contribution in [3.05, 3.63) is 59.5 Å². The van der Waals surface area contributed by atoms with Gasteiger partial charge in [0.1, 0.15) is 0 Å². The molecule has 5 nitrogen and oxygen atoms in total. The third kappa shape index (κ3) is 3.69. The van der Waals surface area contributed by atoms with E-state index in [1.165, 1.54) is 6.26 Å². The fourth-order valence-electron chi connectivity index (χ4n) is 2.02. The predicted molar refractivity (Wildman–Crippen MR) is 73.5 cm³/mol. The Morgan fingerprint density at radius 1 is 1.25 bits per heavy atom. The lowest BCUT2D eigenvalue weighted by Gasteiger charge is -2.16. The molecule has 1 unspecified atom stereocenters. The zero-order valence-corrected chi connectivity index (χ0v) is 11.0. The van der Waals surface area contributed by atoms with E-state index < -0.39 is 5.97 Å². The second-order valence-electron chi connectivity index (χ2n) is 4.53. The summed E-state index contributed by atoms with van der Waals surface area (Å²) in [6.07, 6.45) is 2.03. The van der Waals surface area contributed by atoms with Gasteiger partial charge in [0.15, 0.2) is 0 Å². The molecule has 0 radical (unpaired) electrons. The van der Waals surface area contributed by atoms with Gasteiger partial charge in [0.25, 0.3) is 0 Å². The molecule has 1 heterocycles. The molecule has 0 aliphatic rings. The SMILES string of the molecule is O=C(O)c1occc1CNC(CO)Cc1ccccc1. The molecule has 5 heteroatoms. The van der Waals surface area contributed by atoms with Gasteiger partial charge in [0.05, 0.1) is 12.9 Å². The first-order valence-electron chi connectivity index (χ1n) is 6.38. The Kier molecular flexibility index (Phi) is 4.92. The number of aliphatic hydroxyl groups is 1. The lowest BCUT2D eigenvalue weighted by atomic mass is 10.1. The Bertz CT molecular complexity index is 550. The predicted octanol–water partition coefficient (Wildman–Crippen LogP) is 1.67. The van der Waals surface area contributed by atoms with Crippen LogP contribution in [0.5, 0.6) is 0 Å². The Morgan fingerprint density at radius 3 is 2.65 bits per heavy atom. The first-order chi connectivity index (χ1) is 9.70. The molecule has 2 aromatic rings. The largest absolute Gasteiger partial charge is 0.475 e. The van der Waals surface area contributed by atoms with Gasteiger partial charge in [-0.15, -0.1) is 0 Å². The highest BCUT2D eigenvalue weighted by Crippen LogP contribution is 2.11. The average molecular weight is 275 g/mol. The number of hydrogen-bond donors (Lipinski definition) is 3. The van der Waals surface area contributed by atoms with Crippen molar-refractivity contribution in [2.45, 2.75) is 19.0 Å². The summed E-state index contributed by atoms with van der Waals surface area (Å²) in [6.45, 7) is 0.325. The Morgan fingerprint density at radius 2 is 2.00 bits per heavy atom. The number of furan rings is 1. The Labute approximate surface area is 116 Å². The molecule has 0 fully saturated rings. The van der Waals surface area contributed by atoms with Crippen molar-refractivity contribution >= 4 is 5.97 Å². The van der Waals surface area contributed by atoms with Gasteiger partial charge in [0, 0.05) is 18.2 Å². The Balaban J connectivity index is 1.94. The minimum Gasteiger partial charge on any atom is -0.475 e. The van der Waals surface area contributed by atoms with Crippen LogP contribution in [0.3, 0.4) is 0 Å². The molecule has 0 saturated heterocycles. The van der Waals surface area contributed by atoms with Crippen LogP contribution < -0.4 is 5.32 Å². The van der Waals surface area contributed by atoms with Crippen molar-refractivity contribution in [2.24, 2.45) is 0 Å². The van der Waals surface area contributed by atoms with Crippen LogP contribution in [0.15, 0.2) is 47.1 Å². The van der Waals surface area contributed by atoms with Crippen molar-refractivity contribution < 1.29 is 19.4 Å². The third-order valence-corrected chi connectivity index (χ3v) is 3.07. The molecule has 0 amide bonds. The summed E-state index contributed by atoms with van der Waals surface area (Å²) >= 11 is 0. The lowest BCUT2D eigenvalue weighted by Crippen LogP contribution is -2.34. The molecular formula is C15H17NO4. The second kappa shape index (κ2) is 6.88. The van der Waals surface area contributed by atoms with Crippen molar-refractivity contribution in [3.8, 4) is 0 Å². The van der Waals surface area contributed by atoms with E-state index in [9.17, 15) is 9.90 Å². The van der Waals surface area contributed by atoms with Gasteiger partial charge in [-0.3, -0.25) is 0 Å². The molecule has 0 aliphatic heterocycles. The number of benzene rings is 1. The number of nitrogens with one attached hydrogen (secondary N) is 1. The summed E-state index contributed by atoms with van der Waals surface area (Å²) in [7, 11) is 0. The second-order valence-corrected chi connectivity index (χ2v) is 4.53. The monoisotopic (exact) mass is 275 g/mol. The number of carboxylic acids is 1. The maximum Gasteiger partial charge on any atom is 0.372 e. The van der Waals surface area contributed by atoms with E-state index in [0.29, 0.717) is 18.5 Å². The fourth-order valence-corrected chi connectivity index (χ4v) is 2.02. The Hall–Kier alpha value is -2.11. The minimum absolute atomic E-state index is 0.0187. The minimum atomic E-state index is -1.09. The molecule has 0 aliphatic carbocycles. The summed E-state index contributed by atoms with van der Waals surface area (Å²) in [6, 6.07) is 11.3. The normalized spacial score (nSPS) is 12.2. The van der Waals surface area contributed by atoms with Crippen LogP contribution in [0, 0.1) is 0 Å². The number of aliphatic hydroxyl groups excluding tert-OH is 1. The zero-order valence-electron chi connectivity index (χ0n) is 11.0. The third-order valence-electron chi connectivity index (χ3n) is 3.07. The van der Waals surface area contributed by atoms with Gasteiger partial charge in [-0.2, -0.15) is 0 Å². The number of carboxylic acid groups (broad SMARTS) is 1. The van der Waals surface area contributed by atoms with Crippen LogP contribution in [0.2, 0.25) is 0 Å². The zero-order chi connectivity index (χ0) is 14.4. The van der Waals surface area contributed by atoms with Crippen LogP contribution in [0.25, 0.3) is 0 Å². The van der Waals surface area contributed by atoms with E-state index in [1.54, 1.807) is 6.07 Å². The maximum atomic E-state index is 10.9. The van der Waals surface area contributed by atoms with Gasteiger partial charge in [-0.05, 0) is 18.1 Å².